The van der Waals surface area contributed by atoms with Crippen LogP contribution in [0.2, 0.25) is 0 Å². The van der Waals surface area contributed by atoms with Crippen LogP contribution in [0.15, 0.2) is 0 Å². The smallest absolute Gasteiger partial charge is 0.0700 e. The maximum Gasteiger partial charge on any atom is 0.0700 e. The molecule has 0 aromatic carbocycles. The van der Waals surface area contributed by atoms with Crippen LogP contribution in [0.1, 0.15) is 26.2 Å². The molecule has 0 saturated carbocycles. The van der Waals surface area contributed by atoms with Crippen molar-refractivity contribution >= 4 is 0 Å². The molecule has 102 valence electrons. The zero-order valence-electron chi connectivity index (χ0n) is 11.0. The normalized spacial score (nSPS) is 27.0. The van der Waals surface area contributed by atoms with Crippen molar-refractivity contribution in [2.45, 2.75) is 26.2 Å². The standard InChI is InChI=1S/C13H26O4/c1-2-13-11-16-8-4-6-14-5-3-7-15-9-10-17-12-13/h13H,2-12H2,1H3. The van der Waals surface area contributed by atoms with E-state index in [0.29, 0.717) is 19.1 Å². The summed E-state index contributed by atoms with van der Waals surface area (Å²) in [5.74, 6) is 0.501. The van der Waals surface area contributed by atoms with Gasteiger partial charge in [-0.1, -0.05) is 6.92 Å². The Morgan fingerprint density at radius 1 is 0.706 bits per heavy atom. The predicted octanol–water partition coefficient (Wildman–Crippen LogP) is 1.87. The molecule has 1 fully saturated rings. The molecular formula is C13H26O4. The van der Waals surface area contributed by atoms with E-state index in [1.807, 2.05) is 0 Å². The lowest BCUT2D eigenvalue weighted by molar-refractivity contribution is 0.00994. The first-order valence-electron chi connectivity index (χ1n) is 6.74. The van der Waals surface area contributed by atoms with E-state index in [1.54, 1.807) is 0 Å². The summed E-state index contributed by atoms with van der Waals surface area (Å²) in [5, 5.41) is 0. The van der Waals surface area contributed by atoms with Gasteiger partial charge in [-0.2, -0.15) is 0 Å². The van der Waals surface area contributed by atoms with Crippen LogP contribution in [-0.2, 0) is 18.9 Å². The lowest BCUT2D eigenvalue weighted by Gasteiger charge is -2.15. The first kappa shape index (κ1) is 14.9. The second kappa shape index (κ2) is 11.0. The van der Waals surface area contributed by atoms with Crippen molar-refractivity contribution in [3.8, 4) is 0 Å². The van der Waals surface area contributed by atoms with Gasteiger partial charge in [0.1, 0.15) is 0 Å². The second-order valence-electron chi connectivity index (χ2n) is 4.36. The summed E-state index contributed by atoms with van der Waals surface area (Å²) in [6.07, 6.45) is 3.02. The second-order valence-corrected chi connectivity index (χ2v) is 4.36. The predicted molar refractivity (Wildman–Crippen MR) is 66.3 cm³/mol. The van der Waals surface area contributed by atoms with E-state index < -0.39 is 0 Å². The van der Waals surface area contributed by atoms with Gasteiger partial charge in [-0.15, -0.1) is 0 Å². The first-order valence-corrected chi connectivity index (χ1v) is 6.74. The summed E-state index contributed by atoms with van der Waals surface area (Å²) in [7, 11) is 0. The molecule has 1 aliphatic rings. The monoisotopic (exact) mass is 246 g/mol. The van der Waals surface area contributed by atoms with Crippen LogP contribution in [0, 0.1) is 5.92 Å². The summed E-state index contributed by atoms with van der Waals surface area (Å²) in [6, 6.07) is 0. The molecule has 0 N–H and O–H groups in total. The van der Waals surface area contributed by atoms with Gasteiger partial charge >= 0.3 is 0 Å². The Morgan fingerprint density at radius 3 is 1.82 bits per heavy atom. The zero-order valence-corrected chi connectivity index (χ0v) is 11.0. The van der Waals surface area contributed by atoms with E-state index in [0.717, 1.165) is 58.9 Å². The molecule has 0 amide bonds. The highest BCUT2D eigenvalue weighted by Crippen LogP contribution is 2.04. The van der Waals surface area contributed by atoms with Crippen LogP contribution < -0.4 is 0 Å². The van der Waals surface area contributed by atoms with Crippen molar-refractivity contribution in [3.63, 3.8) is 0 Å². The van der Waals surface area contributed by atoms with Gasteiger partial charge in [-0.05, 0) is 19.3 Å². The Morgan fingerprint density at radius 2 is 1.18 bits per heavy atom. The Bertz CT molecular complexity index is 147. The highest BCUT2D eigenvalue weighted by Gasteiger charge is 2.07. The van der Waals surface area contributed by atoms with E-state index >= 15 is 0 Å². The minimum absolute atomic E-state index is 0.501. The van der Waals surface area contributed by atoms with E-state index in [4.69, 9.17) is 18.9 Å². The van der Waals surface area contributed by atoms with Crippen molar-refractivity contribution in [1.29, 1.82) is 0 Å². The van der Waals surface area contributed by atoms with Crippen LogP contribution >= 0.6 is 0 Å². The van der Waals surface area contributed by atoms with Gasteiger partial charge in [0.05, 0.1) is 26.4 Å². The van der Waals surface area contributed by atoms with Gasteiger partial charge in [-0.25, -0.2) is 0 Å². The third-order valence-electron chi connectivity index (χ3n) is 2.81. The number of hydrogen-bond donors (Lipinski definition) is 0. The van der Waals surface area contributed by atoms with E-state index in [9.17, 15) is 0 Å². The molecule has 1 heterocycles. The Labute approximate surface area is 105 Å². The molecule has 0 radical (unpaired) electrons. The summed E-state index contributed by atoms with van der Waals surface area (Å²) in [5.41, 5.74) is 0. The number of hydrogen-bond acceptors (Lipinski definition) is 4. The van der Waals surface area contributed by atoms with Gasteiger partial charge < -0.3 is 18.9 Å². The highest BCUT2D eigenvalue weighted by atomic mass is 16.5. The zero-order chi connectivity index (χ0) is 12.2. The third kappa shape index (κ3) is 8.55. The van der Waals surface area contributed by atoms with Gasteiger partial charge in [0.15, 0.2) is 0 Å². The molecule has 0 spiro atoms. The minimum Gasteiger partial charge on any atom is -0.381 e. The highest BCUT2D eigenvalue weighted by molar-refractivity contribution is 4.54. The van der Waals surface area contributed by atoms with Crippen molar-refractivity contribution in [2.24, 2.45) is 5.92 Å². The third-order valence-corrected chi connectivity index (χ3v) is 2.81. The maximum absolute atomic E-state index is 5.62. The van der Waals surface area contributed by atoms with E-state index in [1.165, 1.54) is 0 Å². The molecule has 4 nitrogen and oxygen atoms in total. The van der Waals surface area contributed by atoms with Crippen molar-refractivity contribution in [2.75, 3.05) is 52.9 Å². The van der Waals surface area contributed by atoms with Gasteiger partial charge in [-0.3, -0.25) is 0 Å². The summed E-state index contributed by atoms with van der Waals surface area (Å²) in [6.45, 7) is 8.20. The van der Waals surface area contributed by atoms with Gasteiger partial charge in [0, 0.05) is 32.3 Å². The fourth-order valence-electron chi connectivity index (χ4n) is 1.63. The topological polar surface area (TPSA) is 36.9 Å². The number of ether oxygens (including phenoxy) is 4. The summed E-state index contributed by atoms with van der Waals surface area (Å²) in [4.78, 5) is 0. The summed E-state index contributed by atoms with van der Waals surface area (Å²) < 4.78 is 22.1. The van der Waals surface area contributed by atoms with Crippen LogP contribution in [-0.4, -0.2) is 52.9 Å². The molecule has 1 rings (SSSR count). The van der Waals surface area contributed by atoms with Crippen LogP contribution in [0.3, 0.4) is 0 Å². The molecule has 17 heavy (non-hydrogen) atoms. The van der Waals surface area contributed by atoms with Crippen LogP contribution in [0.4, 0.5) is 0 Å². The van der Waals surface area contributed by atoms with Gasteiger partial charge in [0.25, 0.3) is 0 Å². The largest absolute Gasteiger partial charge is 0.381 e. The molecule has 0 bridgehead atoms. The Hall–Kier alpha value is -0.160. The fourth-order valence-corrected chi connectivity index (χ4v) is 1.63. The molecule has 1 saturated heterocycles. The molecule has 1 atom stereocenters. The van der Waals surface area contributed by atoms with Crippen LogP contribution in [0.5, 0.6) is 0 Å². The molecule has 0 aliphatic carbocycles. The van der Waals surface area contributed by atoms with Crippen LogP contribution in [0.25, 0.3) is 0 Å². The fraction of sp³-hybridized carbons (Fsp3) is 1.00. The molecule has 0 aromatic heterocycles. The van der Waals surface area contributed by atoms with Crippen molar-refractivity contribution in [3.05, 3.63) is 0 Å². The van der Waals surface area contributed by atoms with E-state index in [2.05, 4.69) is 6.92 Å². The molecule has 0 aromatic rings. The number of rotatable bonds is 1. The van der Waals surface area contributed by atoms with Gasteiger partial charge in [0.2, 0.25) is 0 Å². The minimum atomic E-state index is 0.501. The molecule has 4 heteroatoms. The molecular weight excluding hydrogens is 220 g/mol. The van der Waals surface area contributed by atoms with E-state index in [-0.39, 0.29) is 0 Å². The average Bonchev–Trinajstić information content (AvgIpc) is 2.36. The molecule has 1 aliphatic heterocycles. The SMILES string of the molecule is CCC1COCCCOCCCOCCOC1. The average molecular weight is 246 g/mol. The molecule has 1 unspecified atom stereocenters. The van der Waals surface area contributed by atoms with Crippen molar-refractivity contribution < 1.29 is 18.9 Å². The summed E-state index contributed by atoms with van der Waals surface area (Å²) >= 11 is 0. The quantitative estimate of drug-likeness (QED) is 0.708. The Balaban J connectivity index is 2.16. The maximum atomic E-state index is 5.62. The lowest BCUT2D eigenvalue weighted by Crippen LogP contribution is -2.17. The lowest BCUT2D eigenvalue weighted by atomic mass is 10.1. The van der Waals surface area contributed by atoms with Crippen molar-refractivity contribution in [1.82, 2.24) is 0 Å². The Kier molecular flexibility index (Phi) is 9.61. The first-order chi connectivity index (χ1) is 8.43.